The molecular weight excluding hydrogens is 412 g/mol. The maximum Gasteiger partial charge on any atom is 0.255 e. The Morgan fingerprint density at radius 1 is 0.903 bits per heavy atom. The van der Waals surface area contributed by atoms with Crippen molar-refractivity contribution in [2.75, 3.05) is 30.6 Å². The zero-order chi connectivity index (χ0) is 22.2. The third-order valence-electron chi connectivity index (χ3n) is 4.53. The monoisotopic (exact) mass is 436 g/mol. The summed E-state index contributed by atoms with van der Waals surface area (Å²) < 4.78 is 10.5. The van der Waals surface area contributed by atoms with Gasteiger partial charge in [0.15, 0.2) is 0 Å². The molecule has 7 heteroatoms. The number of nitrogens with one attached hydrogen (secondary N) is 2. The van der Waals surface area contributed by atoms with Gasteiger partial charge in [-0.25, -0.2) is 0 Å². The lowest BCUT2D eigenvalue weighted by atomic mass is 10.1. The Bertz CT molecular complexity index is 1080. The van der Waals surface area contributed by atoms with E-state index in [9.17, 15) is 9.59 Å². The van der Waals surface area contributed by atoms with Gasteiger partial charge in [-0.1, -0.05) is 24.3 Å². The van der Waals surface area contributed by atoms with Crippen LogP contribution in [0.5, 0.6) is 11.5 Å². The Hall–Kier alpha value is -3.45. The van der Waals surface area contributed by atoms with E-state index in [2.05, 4.69) is 10.6 Å². The van der Waals surface area contributed by atoms with E-state index >= 15 is 0 Å². The molecule has 0 spiro atoms. The first-order valence-electron chi connectivity index (χ1n) is 9.62. The lowest BCUT2D eigenvalue weighted by Crippen LogP contribution is -2.15. The number of methoxy groups -OCH3 is 2. The van der Waals surface area contributed by atoms with E-state index in [0.29, 0.717) is 28.4 Å². The van der Waals surface area contributed by atoms with Crippen LogP contribution >= 0.6 is 11.8 Å². The highest BCUT2D eigenvalue weighted by molar-refractivity contribution is 8.00. The van der Waals surface area contributed by atoms with Crippen LogP contribution in [0.1, 0.15) is 15.9 Å². The van der Waals surface area contributed by atoms with E-state index in [4.69, 9.17) is 9.47 Å². The van der Waals surface area contributed by atoms with Crippen LogP contribution in [0.4, 0.5) is 11.4 Å². The van der Waals surface area contributed by atoms with Gasteiger partial charge in [0.25, 0.3) is 5.91 Å². The van der Waals surface area contributed by atoms with Crippen molar-refractivity contribution in [1.29, 1.82) is 0 Å². The second kappa shape index (κ2) is 10.5. The molecule has 0 saturated heterocycles. The van der Waals surface area contributed by atoms with Gasteiger partial charge in [-0.05, 0) is 48.9 Å². The first-order valence-corrected chi connectivity index (χ1v) is 10.6. The second-order valence-corrected chi connectivity index (χ2v) is 7.75. The highest BCUT2D eigenvalue weighted by Gasteiger charge is 2.11. The molecule has 0 saturated carbocycles. The summed E-state index contributed by atoms with van der Waals surface area (Å²) in [5.74, 6) is 1.05. The Kier molecular flexibility index (Phi) is 7.56. The first-order chi connectivity index (χ1) is 15.0. The molecule has 0 aliphatic rings. The minimum atomic E-state index is -0.175. The van der Waals surface area contributed by atoms with Crippen LogP contribution < -0.4 is 20.1 Å². The predicted octanol–water partition coefficient (Wildman–Crippen LogP) is 5.00. The van der Waals surface area contributed by atoms with Gasteiger partial charge in [0.2, 0.25) is 5.91 Å². The zero-order valence-corrected chi connectivity index (χ0v) is 18.4. The molecule has 0 aromatic heterocycles. The topological polar surface area (TPSA) is 76.7 Å². The molecule has 0 radical (unpaired) electrons. The number of aryl methyl sites for hydroxylation is 1. The van der Waals surface area contributed by atoms with Gasteiger partial charge in [-0.3, -0.25) is 9.59 Å². The number of thioether (sulfide) groups is 1. The van der Waals surface area contributed by atoms with Crippen molar-refractivity contribution in [2.45, 2.75) is 11.8 Å². The number of rotatable bonds is 8. The fourth-order valence-electron chi connectivity index (χ4n) is 2.94. The number of carbonyl (C=O) groups is 2. The Labute approximate surface area is 186 Å². The average molecular weight is 437 g/mol. The van der Waals surface area contributed by atoms with E-state index in [1.165, 1.54) is 11.8 Å². The fraction of sp³-hybridized carbons (Fsp3) is 0.167. The fourth-order valence-corrected chi connectivity index (χ4v) is 3.69. The first kappa shape index (κ1) is 22.2. The summed E-state index contributed by atoms with van der Waals surface area (Å²) in [6.07, 6.45) is 0. The number of anilines is 2. The summed E-state index contributed by atoms with van der Waals surface area (Å²) in [6, 6.07) is 20.1. The summed E-state index contributed by atoms with van der Waals surface area (Å²) in [5.41, 5.74) is 2.77. The van der Waals surface area contributed by atoms with Crippen LogP contribution in [-0.4, -0.2) is 31.8 Å². The molecule has 2 amide bonds. The quantitative estimate of drug-likeness (QED) is 0.486. The van der Waals surface area contributed by atoms with Gasteiger partial charge >= 0.3 is 0 Å². The maximum atomic E-state index is 12.5. The van der Waals surface area contributed by atoms with Gasteiger partial charge in [-0.2, -0.15) is 0 Å². The molecule has 160 valence electrons. The van der Waals surface area contributed by atoms with E-state index in [1.807, 2.05) is 49.4 Å². The molecule has 0 fully saturated rings. The van der Waals surface area contributed by atoms with Crippen molar-refractivity contribution in [3.05, 3.63) is 77.9 Å². The Balaban J connectivity index is 1.61. The Morgan fingerprint density at radius 3 is 2.45 bits per heavy atom. The molecule has 0 unspecified atom stereocenters. The van der Waals surface area contributed by atoms with Crippen molar-refractivity contribution in [3.8, 4) is 11.5 Å². The summed E-state index contributed by atoms with van der Waals surface area (Å²) in [6.45, 7) is 1.90. The summed E-state index contributed by atoms with van der Waals surface area (Å²) in [4.78, 5) is 25.8. The molecule has 6 nitrogen and oxygen atoms in total. The summed E-state index contributed by atoms with van der Waals surface area (Å²) in [7, 11) is 3.11. The van der Waals surface area contributed by atoms with Gasteiger partial charge < -0.3 is 20.1 Å². The van der Waals surface area contributed by atoms with Crippen LogP contribution in [0.15, 0.2) is 71.6 Å². The average Bonchev–Trinajstić information content (AvgIpc) is 2.78. The number of hydrogen-bond acceptors (Lipinski definition) is 5. The van der Waals surface area contributed by atoms with Crippen molar-refractivity contribution in [3.63, 3.8) is 0 Å². The predicted molar refractivity (Wildman–Crippen MR) is 124 cm³/mol. The highest BCUT2D eigenvalue weighted by atomic mass is 32.2. The number of ether oxygens (including phenoxy) is 2. The molecular formula is C24H24N2O4S. The molecule has 3 rings (SSSR count). The van der Waals surface area contributed by atoms with Gasteiger partial charge in [0.1, 0.15) is 11.5 Å². The maximum absolute atomic E-state index is 12.5. The molecule has 3 aromatic rings. The van der Waals surface area contributed by atoms with Crippen molar-refractivity contribution in [2.24, 2.45) is 0 Å². The molecule has 0 heterocycles. The Morgan fingerprint density at radius 2 is 1.71 bits per heavy atom. The normalized spacial score (nSPS) is 10.3. The van der Waals surface area contributed by atoms with E-state index in [-0.39, 0.29) is 17.6 Å². The number of carbonyl (C=O) groups excluding carboxylic acids is 2. The van der Waals surface area contributed by atoms with E-state index in [0.717, 1.165) is 10.5 Å². The minimum absolute atomic E-state index is 0.164. The number of amides is 2. The molecule has 0 bridgehead atoms. The largest absolute Gasteiger partial charge is 0.497 e. The summed E-state index contributed by atoms with van der Waals surface area (Å²) >= 11 is 1.38. The number of benzene rings is 3. The number of hydrogen-bond donors (Lipinski definition) is 2. The summed E-state index contributed by atoms with van der Waals surface area (Å²) in [5, 5.41) is 5.76. The molecule has 2 N–H and O–H groups in total. The molecule has 3 aromatic carbocycles. The van der Waals surface area contributed by atoms with E-state index < -0.39 is 0 Å². The molecule has 0 aliphatic carbocycles. The minimum Gasteiger partial charge on any atom is -0.497 e. The smallest absolute Gasteiger partial charge is 0.255 e. The van der Waals surface area contributed by atoms with Crippen LogP contribution in [0.25, 0.3) is 0 Å². The van der Waals surface area contributed by atoms with Crippen molar-refractivity contribution >= 4 is 35.0 Å². The van der Waals surface area contributed by atoms with Crippen LogP contribution in [0.3, 0.4) is 0 Å². The van der Waals surface area contributed by atoms with Crippen molar-refractivity contribution in [1.82, 2.24) is 0 Å². The third-order valence-corrected chi connectivity index (χ3v) is 5.53. The lowest BCUT2D eigenvalue weighted by molar-refractivity contribution is -0.113. The third kappa shape index (κ3) is 6.02. The van der Waals surface area contributed by atoms with Gasteiger partial charge in [0.05, 0.1) is 25.7 Å². The van der Waals surface area contributed by atoms with Crippen LogP contribution in [-0.2, 0) is 4.79 Å². The second-order valence-electron chi connectivity index (χ2n) is 6.70. The standard InChI is InChI=1S/C24H24N2O4S/c1-16-7-4-5-10-20(16)24(28)25-17-8-6-9-19(13-17)31-15-23(27)26-21-14-18(29-2)11-12-22(21)30-3/h4-14H,15H2,1-3H3,(H,25,28)(H,26,27). The molecule has 0 aliphatic heterocycles. The van der Waals surface area contributed by atoms with E-state index in [1.54, 1.807) is 38.5 Å². The molecule has 31 heavy (non-hydrogen) atoms. The zero-order valence-electron chi connectivity index (χ0n) is 17.6. The SMILES string of the molecule is COc1ccc(OC)c(NC(=O)CSc2cccc(NC(=O)c3ccccc3C)c2)c1. The van der Waals surface area contributed by atoms with Crippen LogP contribution in [0, 0.1) is 6.92 Å². The van der Waals surface area contributed by atoms with Gasteiger partial charge in [-0.15, -0.1) is 11.8 Å². The highest BCUT2D eigenvalue weighted by Crippen LogP contribution is 2.29. The van der Waals surface area contributed by atoms with Crippen molar-refractivity contribution < 1.29 is 19.1 Å². The van der Waals surface area contributed by atoms with Gasteiger partial charge in [0, 0.05) is 22.2 Å². The van der Waals surface area contributed by atoms with Crippen LogP contribution in [0.2, 0.25) is 0 Å². The molecule has 0 atom stereocenters. The lowest BCUT2D eigenvalue weighted by Gasteiger charge is -2.12.